The van der Waals surface area contributed by atoms with Crippen LogP contribution < -0.4 is 5.32 Å². The molecule has 0 aromatic heterocycles. The molecule has 2 bridgehead atoms. The molecule has 0 radical (unpaired) electrons. The maximum absolute atomic E-state index is 11.4. The van der Waals surface area contributed by atoms with Crippen LogP contribution in [0.5, 0.6) is 0 Å². The molecule has 2 saturated heterocycles. The fourth-order valence-corrected chi connectivity index (χ4v) is 2.79. The summed E-state index contributed by atoms with van der Waals surface area (Å²) in [5, 5.41) is 39.9. The number of carboxylic acids is 1. The summed E-state index contributed by atoms with van der Waals surface area (Å²) in [4.78, 5) is 22.8. The van der Waals surface area contributed by atoms with Crippen molar-refractivity contribution in [1.82, 2.24) is 5.32 Å². The molecule has 2 aliphatic rings. The molecule has 10 heteroatoms. The maximum atomic E-state index is 11.4. The van der Waals surface area contributed by atoms with Gasteiger partial charge in [0.1, 0.15) is 24.9 Å². The molecule has 10 nitrogen and oxygen atoms in total. The number of aliphatic hydroxyl groups is 3. The number of hydrogen-bond donors (Lipinski definition) is 5. The van der Waals surface area contributed by atoms with Crippen LogP contribution in [0, 0.1) is 0 Å². The molecule has 22 heavy (non-hydrogen) atoms. The van der Waals surface area contributed by atoms with Gasteiger partial charge in [0, 0.05) is 13.5 Å². The molecular formula is C12H19NO9. The quantitative estimate of drug-likeness (QED) is 0.340. The molecule has 0 spiro atoms. The highest BCUT2D eigenvalue weighted by Gasteiger charge is 2.63. The number of fused-ring (bicyclic) bond motifs is 2. The molecule has 2 fully saturated rings. The van der Waals surface area contributed by atoms with Crippen LogP contribution in [0.15, 0.2) is 0 Å². The number of amides is 1. The van der Waals surface area contributed by atoms with Gasteiger partial charge in [-0.3, -0.25) is 4.79 Å². The molecule has 1 amide bonds. The molecule has 6 atom stereocenters. The average Bonchev–Trinajstić information content (AvgIpc) is 2.81. The zero-order valence-electron chi connectivity index (χ0n) is 11.8. The molecule has 2 rings (SSSR count). The van der Waals surface area contributed by atoms with Crippen LogP contribution in [0.1, 0.15) is 6.42 Å². The Kier molecular flexibility index (Phi) is 5.00. The number of carboxylic acid groups (broad SMARTS) is 1. The number of methoxy groups -OCH3 is 1. The predicted octanol–water partition coefficient (Wildman–Crippen LogP) is -3.20. The summed E-state index contributed by atoms with van der Waals surface area (Å²) >= 11 is 0. The summed E-state index contributed by atoms with van der Waals surface area (Å²) in [6, 6.07) is -0.996. The zero-order valence-corrected chi connectivity index (χ0v) is 11.8. The third-order valence-corrected chi connectivity index (χ3v) is 3.87. The number of aliphatic carboxylic acids is 1. The van der Waals surface area contributed by atoms with Crippen LogP contribution in [0.3, 0.4) is 0 Å². The fourth-order valence-electron chi connectivity index (χ4n) is 2.79. The topological polar surface area (TPSA) is 155 Å². The molecule has 0 aromatic carbocycles. The van der Waals surface area contributed by atoms with Gasteiger partial charge in [-0.25, -0.2) is 4.79 Å². The second-order valence-corrected chi connectivity index (χ2v) is 5.20. The zero-order chi connectivity index (χ0) is 16.5. The Hall–Kier alpha value is -1.30. The van der Waals surface area contributed by atoms with Crippen LogP contribution in [-0.4, -0.2) is 88.9 Å². The lowest BCUT2D eigenvalue weighted by atomic mass is 9.92. The third kappa shape index (κ3) is 2.81. The summed E-state index contributed by atoms with van der Waals surface area (Å²) in [5.41, 5.74) is 0. The van der Waals surface area contributed by atoms with E-state index in [1.54, 1.807) is 0 Å². The number of carbonyl (C=O) groups excluding carboxylic acids is 1. The number of ether oxygens (including phenoxy) is 3. The Labute approximate surface area is 125 Å². The van der Waals surface area contributed by atoms with E-state index >= 15 is 0 Å². The Balaban J connectivity index is 2.30. The fraction of sp³-hybridized carbons (Fsp3) is 0.833. The maximum Gasteiger partial charge on any atom is 0.364 e. The van der Waals surface area contributed by atoms with Gasteiger partial charge in [0.05, 0.1) is 18.8 Å². The summed E-state index contributed by atoms with van der Waals surface area (Å²) < 4.78 is 15.9. The summed E-state index contributed by atoms with van der Waals surface area (Å²) in [6.07, 6.45) is -4.62. The van der Waals surface area contributed by atoms with Gasteiger partial charge in [-0.1, -0.05) is 0 Å². The minimum absolute atomic E-state index is 0.409. The molecule has 2 unspecified atom stereocenters. The van der Waals surface area contributed by atoms with Gasteiger partial charge in [0.15, 0.2) is 0 Å². The molecule has 0 aliphatic carbocycles. The Bertz CT molecular complexity index is 440. The second kappa shape index (κ2) is 6.44. The normalized spacial score (nSPS) is 38.5. The van der Waals surface area contributed by atoms with E-state index in [-0.39, 0.29) is 0 Å². The Morgan fingerprint density at radius 3 is 2.59 bits per heavy atom. The van der Waals surface area contributed by atoms with Crippen molar-refractivity contribution in [2.75, 3.05) is 20.3 Å². The van der Waals surface area contributed by atoms with Crippen LogP contribution in [0.4, 0.5) is 0 Å². The molecule has 2 heterocycles. The van der Waals surface area contributed by atoms with Crippen molar-refractivity contribution in [3.05, 3.63) is 0 Å². The van der Waals surface area contributed by atoms with Gasteiger partial charge in [0.25, 0.3) is 5.79 Å². The number of aliphatic hydroxyl groups excluding tert-OH is 3. The monoisotopic (exact) mass is 321 g/mol. The van der Waals surface area contributed by atoms with Crippen molar-refractivity contribution in [2.24, 2.45) is 0 Å². The van der Waals surface area contributed by atoms with E-state index in [1.807, 2.05) is 0 Å². The van der Waals surface area contributed by atoms with E-state index in [2.05, 4.69) is 5.32 Å². The van der Waals surface area contributed by atoms with Gasteiger partial charge >= 0.3 is 5.97 Å². The first-order valence-corrected chi connectivity index (χ1v) is 6.69. The molecule has 5 N–H and O–H groups in total. The summed E-state index contributed by atoms with van der Waals surface area (Å²) in [5.74, 6) is -4.22. The molecule has 2 aliphatic heterocycles. The standard InChI is InChI=1S/C12H19NO9/c1-20-6(3-14)9-10-8(13-7(17)4-15)5(16)2-12(21-9,22-10)11(18)19/h5-6,8-10,14-16H,2-4H2,1H3,(H,13,17)(H,18,19)/t5-,6?,8+,9+,10+,12?/m0/s1. The lowest BCUT2D eigenvalue weighted by molar-refractivity contribution is -0.234. The predicted molar refractivity (Wildman–Crippen MR) is 67.6 cm³/mol. The SMILES string of the molecule is COC(CO)[C@H]1OC2(C(=O)O)C[C@H](O)[C@@H](NC(=O)CO)[C@H]1O2. The van der Waals surface area contributed by atoms with E-state index < -0.39 is 67.8 Å². The van der Waals surface area contributed by atoms with E-state index in [0.717, 1.165) is 0 Å². The van der Waals surface area contributed by atoms with E-state index in [0.29, 0.717) is 0 Å². The minimum atomic E-state index is -2.05. The summed E-state index contributed by atoms with van der Waals surface area (Å²) in [7, 11) is 1.30. The van der Waals surface area contributed by atoms with Crippen LogP contribution in [-0.2, 0) is 23.8 Å². The van der Waals surface area contributed by atoms with Gasteiger partial charge in [-0.15, -0.1) is 0 Å². The van der Waals surface area contributed by atoms with Crippen molar-refractivity contribution in [3.63, 3.8) is 0 Å². The highest BCUT2D eigenvalue weighted by molar-refractivity contribution is 5.78. The van der Waals surface area contributed by atoms with Gasteiger partial charge in [-0.05, 0) is 0 Å². The van der Waals surface area contributed by atoms with E-state index in [1.165, 1.54) is 7.11 Å². The van der Waals surface area contributed by atoms with E-state index in [4.69, 9.17) is 19.3 Å². The number of nitrogens with one attached hydrogen (secondary N) is 1. The minimum Gasteiger partial charge on any atom is -0.477 e. The summed E-state index contributed by atoms with van der Waals surface area (Å²) in [6.45, 7) is -1.26. The Morgan fingerprint density at radius 1 is 1.41 bits per heavy atom. The molecule has 0 saturated carbocycles. The average molecular weight is 321 g/mol. The van der Waals surface area contributed by atoms with Crippen LogP contribution >= 0.6 is 0 Å². The number of rotatable bonds is 6. The van der Waals surface area contributed by atoms with Gasteiger partial charge < -0.3 is 40.0 Å². The molecule has 0 aromatic rings. The number of hydrogen-bond acceptors (Lipinski definition) is 8. The highest BCUT2D eigenvalue weighted by atomic mass is 16.8. The van der Waals surface area contributed by atoms with Gasteiger partial charge in [0.2, 0.25) is 5.91 Å². The number of carbonyl (C=O) groups is 2. The smallest absolute Gasteiger partial charge is 0.364 e. The van der Waals surface area contributed by atoms with Crippen molar-refractivity contribution in [2.45, 2.75) is 42.7 Å². The van der Waals surface area contributed by atoms with Crippen molar-refractivity contribution >= 4 is 11.9 Å². The van der Waals surface area contributed by atoms with Crippen LogP contribution in [0.2, 0.25) is 0 Å². The lowest BCUT2D eigenvalue weighted by Gasteiger charge is -2.37. The van der Waals surface area contributed by atoms with Crippen molar-refractivity contribution in [1.29, 1.82) is 0 Å². The van der Waals surface area contributed by atoms with Crippen molar-refractivity contribution in [3.8, 4) is 0 Å². The first-order valence-electron chi connectivity index (χ1n) is 6.69. The first kappa shape index (κ1) is 17.1. The first-order chi connectivity index (χ1) is 10.4. The van der Waals surface area contributed by atoms with Gasteiger partial charge in [-0.2, -0.15) is 0 Å². The lowest BCUT2D eigenvalue weighted by Crippen LogP contribution is -2.61. The van der Waals surface area contributed by atoms with Crippen LogP contribution in [0.25, 0.3) is 0 Å². The Morgan fingerprint density at radius 2 is 2.09 bits per heavy atom. The van der Waals surface area contributed by atoms with E-state index in [9.17, 15) is 24.9 Å². The largest absolute Gasteiger partial charge is 0.477 e. The van der Waals surface area contributed by atoms with Crippen molar-refractivity contribution < 1.29 is 44.2 Å². The second-order valence-electron chi connectivity index (χ2n) is 5.20. The third-order valence-electron chi connectivity index (χ3n) is 3.87. The molecular weight excluding hydrogens is 302 g/mol. The highest BCUT2D eigenvalue weighted by Crippen LogP contribution is 2.42. The molecule has 126 valence electrons.